The molecule has 0 spiro atoms. The van der Waals surface area contributed by atoms with Gasteiger partial charge < -0.3 is 9.47 Å². The molecule has 2 aliphatic rings. The number of ether oxygens (including phenoxy) is 2. The zero-order valence-corrected chi connectivity index (χ0v) is 23.7. The third-order valence-corrected chi connectivity index (χ3v) is 8.87. The first-order valence-electron chi connectivity index (χ1n) is 14.5. The highest BCUT2D eigenvalue weighted by atomic mass is 16.5. The number of aromatic nitrogens is 2. The summed E-state index contributed by atoms with van der Waals surface area (Å²) in [6.07, 6.45) is 8.32. The lowest BCUT2D eigenvalue weighted by atomic mass is 9.75. The summed E-state index contributed by atoms with van der Waals surface area (Å²) in [5, 5.41) is 0. The first kappa shape index (κ1) is 27.7. The summed E-state index contributed by atoms with van der Waals surface area (Å²) >= 11 is 0. The van der Waals surface area contributed by atoms with E-state index < -0.39 is 0 Å². The monoisotopic (exact) mass is 511 g/mol. The molecule has 2 saturated carbocycles. The molecule has 204 valence electrons. The Bertz CT molecular complexity index is 992. The summed E-state index contributed by atoms with van der Waals surface area (Å²) in [5.41, 5.74) is 1.83. The fourth-order valence-electron chi connectivity index (χ4n) is 6.69. The Balaban J connectivity index is 1.45. The summed E-state index contributed by atoms with van der Waals surface area (Å²) in [7, 11) is 0. The zero-order valence-electron chi connectivity index (χ0n) is 23.7. The summed E-state index contributed by atoms with van der Waals surface area (Å²) in [4.78, 5) is 26.2. The number of para-hydroxylation sites is 2. The van der Waals surface area contributed by atoms with Crippen molar-refractivity contribution in [1.29, 1.82) is 0 Å². The lowest BCUT2D eigenvalue weighted by molar-refractivity contribution is -0.661. The van der Waals surface area contributed by atoms with Crippen molar-refractivity contribution < 1.29 is 23.6 Å². The molecule has 4 rings (SSSR count). The van der Waals surface area contributed by atoms with Crippen LogP contribution in [0.2, 0.25) is 0 Å². The van der Waals surface area contributed by atoms with Crippen LogP contribution >= 0.6 is 0 Å². The maximum Gasteiger partial charge on any atom is 0.348 e. The molecule has 0 amide bonds. The minimum atomic E-state index is -0.212. The Hall–Kier alpha value is -2.37. The average molecular weight is 512 g/mol. The minimum absolute atomic E-state index is 0.0213. The molecule has 37 heavy (non-hydrogen) atoms. The number of fused-ring (bicyclic) bond motifs is 1. The van der Waals surface area contributed by atoms with E-state index in [1.807, 2.05) is 39.7 Å². The number of carbonyl (C=O) groups excluding carboxylic acids is 2. The average Bonchev–Trinajstić information content (AvgIpc) is 3.15. The van der Waals surface area contributed by atoms with Gasteiger partial charge in [-0.2, -0.15) is 0 Å². The van der Waals surface area contributed by atoms with Gasteiger partial charge in [-0.25, -0.2) is 18.7 Å². The molecule has 2 fully saturated rings. The van der Waals surface area contributed by atoms with Crippen LogP contribution in [-0.4, -0.2) is 28.7 Å². The Morgan fingerprint density at radius 1 is 0.865 bits per heavy atom. The highest BCUT2D eigenvalue weighted by Gasteiger charge is 2.35. The number of benzene rings is 1. The summed E-state index contributed by atoms with van der Waals surface area (Å²) < 4.78 is 15.9. The van der Waals surface area contributed by atoms with Crippen molar-refractivity contribution in [2.75, 3.05) is 0 Å². The van der Waals surface area contributed by atoms with E-state index in [1.165, 1.54) is 12.8 Å². The van der Waals surface area contributed by atoms with Crippen molar-refractivity contribution in [1.82, 2.24) is 4.57 Å². The van der Waals surface area contributed by atoms with Crippen molar-refractivity contribution >= 4 is 23.0 Å². The van der Waals surface area contributed by atoms with E-state index in [-0.39, 0.29) is 37.2 Å². The van der Waals surface area contributed by atoms with Crippen LogP contribution in [0.3, 0.4) is 0 Å². The van der Waals surface area contributed by atoms with Crippen LogP contribution in [0.25, 0.3) is 11.0 Å². The molecule has 6 atom stereocenters. The van der Waals surface area contributed by atoms with Gasteiger partial charge in [0, 0.05) is 0 Å². The van der Waals surface area contributed by atoms with Gasteiger partial charge >= 0.3 is 11.9 Å². The fraction of sp³-hybridized carbons (Fsp3) is 0.710. The summed E-state index contributed by atoms with van der Waals surface area (Å²) in [5.74, 6) is 2.55. The van der Waals surface area contributed by atoms with Crippen molar-refractivity contribution in [3.8, 4) is 0 Å². The third-order valence-electron chi connectivity index (χ3n) is 8.87. The van der Waals surface area contributed by atoms with Gasteiger partial charge in [0.15, 0.2) is 24.1 Å². The van der Waals surface area contributed by atoms with Gasteiger partial charge in [0.05, 0.1) is 0 Å². The van der Waals surface area contributed by atoms with Gasteiger partial charge in [-0.15, -0.1) is 0 Å². The molecule has 1 heterocycles. The van der Waals surface area contributed by atoms with E-state index in [1.54, 1.807) is 0 Å². The first-order chi connectivity index (χ1) is 17.6. The standard InChI is InChI=1S/C31H47N2O4/c1-20(2)24-13-11-22(5)15-28(24)36-30(34)17-32-19-33(27-10-8-7-9-26(27)32)18-31(35)37-29-16-23(6)12-14-25(29)21(3)4/h7-10,19-25,28-29H,11-18H2,1-6H3/q+1/t22-,23+,24+,25-,28+,29-. The number of hydrogen-bond donors (Lipinski definition) is 0. The maximum atomic E-state index is 13.1. The molecule has 0 bridgehead atoms. The molecule has 0 unspecified atom stereocenters. The molecule has 0 aliphatic heterocycles. The molecule has 0 N–H and O–H groups in total. The van der Waals surface area contributed by atoms with Crippen LogP contribution in [-0.2, 0) is 32.2 Å². The normalized spacial score (nSPS) is 28.5. The largest absolute Gasteiger partial charge is 0.459 e. The van der Waals surface area contributed by atoms with Gasteiger partial charge in [0.1, 0.15) is 12.2 Å². The van der Waals surface area contributed by atoms with Crippen LogP contribution in [0.4, 0.5) is 0 Å². The predicted molar refractivity (Wildman–Crippen MR) is 145 cm³/mol. The van der Waals surface area contributed by atoms with Gasteiger partial charge in [-0.05, 0) is 73.3 Å². The SMILES string of the molecule is CC(C)[C@H]1CC[C@H](C)C[C@H]1OC(=O)C[n+]1cn(CC(=O)O[C@H]2C[C@H](C)CC[C@H]2C(C)C)c2ccccc21. The number of rotatable bonds is 8. The van der Waals surface area contributed by atoms with Gasteiger partial charge in [0.25, 0.3) is 0 Å². The predicted octanol–water partition coefficient (Wildman–Crippen LogP) is 5.94. The molecular weight excluding hydrogens is 464 g/mol. The van der Waals surface area contributed by atoms with Crippen molar-refractivity contribution in [3.63, 3.8) is 0 Å². The lowest BCUT2D eigenvalue weighted by Crippen LogP contribution is -2.42. The number of esters is 2. The van der Waals surface area contributed by atoms with Crippen LogP contribution in [0.1, 0.15) is 80.1 Å². The second-order valence-corrected chi connectivity index (χ2v) is 12.6. The molecule has 1 aromatic heterocycles. The van der Waals surface area contributed by atoms with Crippen molar-refractivity contribution in [3.05, 3.63) is 30.6 Å². The molecule has 2 aliphatic carbocycles. The lowest BCUT2D eigenvalue weighted by Gasteiger charge is -2.36. The van der Waals surface area contributed by atoms with E-state index in [0.29, 0.717) is 35.5 Å². The van der Waals surface area contributed by atoms with E-state index in [4.69, 9.17) is 9.47 Å². The highest BCUT2D eigenvalue weighted by molar-refractivity contribution is 5.76. The van der Waals surface area contributed by atoms with Crippen LogP contribution in [0.5, 0.6) is 0 Å². The van der Waals surface area contributed by atoms with Crippen molar-refractivity contribution in [2.24, 2.45) is 35.5 Å². The van der Waals surface area contributed by atoms with Crippen LogP contribution < -0.4 is 4.57 Å². The smallest absolute Gasteiger partial charge is 0.348 e. The van der Waals surface area contributed by atoms with E-state index in [9.17, 15) is 9.59 Å². The highest BCUT2D eigenvalue weighted by Crippen LogP contribution is 2.36. The van der Waals surface area contributed by atoms with Gasteiger partial charge in [0.2, 0.25) is 6.33 Å². The quantitative estimate of drug-likeness (QED) is 0.325. The Kier molecular flexibility index (Phi) is 8.97. The molecule has 6 heteroatoms. The van der Waals surface area contributed by atoms with Gasteiger partial charge in [-0.3, -0.25) is 0 Å². The fourth-order valence-corrected chi connectivity index (χ4v) is 6.69. The number of hydrogen-bond acceptors (Lipinski definition) is 4. The Labute approximate surface area is 222 Å². The number of carbonyl (C=O) groups is 2. The van der Waals surface area contributed by atoms with Crippen LogP contribution in [0, 0.1) is 35.5 Å². The third kappa shape index (κ3) is 6.74. The molecule has 0 saturated heterocycles. The number of nitrogens with zero attached hydrogens (tertiary/aromatic N) is 2. The molecule has 6 nitrogen and oxygen atoms in total. The molecule has 1 aromatic carbocycles. The van der Waals surface area contributed by atoms with E-state index >= 15 is 0 Å². The number of imidazole rings is 1. The Morgan fingerprint density at radius 3 is 1.97 bits per heavy atom. The second-order valence-electron chi connectivity index (χ2n) is 12.6. The second kappa shape index (κ2) is 12.0. The molecule has 0 radical (unpaired) electrons. The first-order valence-corrected chi connectivity index (χ1v) is 14.5. The summed E-state index contributed by atoms with van der Waals surface area (Å²) in [6.45, 7) is 13.6. The molecular formula is C31H47N2O4+. The molecule has 2 aromatic rings. The topological polar surface area (TPSA) is 61.4 Å². The van der Waals surface area contributed by atoms with Crippen molar-refractivity contribution in [2.45, 2.75) is 105 Å². The zero-order chi connectivity index (χ0) is 26.7. The van der Waals surface area contributed by atoms with Crippen LogP contribution in [0.15, 0.2) is 30.6 Å². The van der Waals surface area contributed by atoms with E-state index in [2.05, 4.69) is 41.5 Å². The summed E-state index contributed by atoms with van der Waals surface area (Å²) in [6, 6.07) is 7.89. The minimum Gasteiger partial charge on any atom is -0.459 e. The van der Waals surface area contributed by atoms with Gasteiger partial charge in [-0.1, -0.05) is 66.5 Å². The maximum absolute atomic E-state index is 13.1. The van der Waals surface area contributed by atoms with E-state index in [0.717, 1.165) is 36.7 Å². The Morgan fingerprint density at radius 2 is 1.41 bits per heavy atom.